The van der Waals surface area contributed by atoms with E-state index in [4.69, 9.17) is 4.74 Å². The molecule has 0 unspecified atom stereocenters. The summed E-state index contributed by atoms with van der Waals surface area (Å²) in [5.74, 6) is 0. The molecule has 0 aromatic rings. The first kappa shape index (κ1) is 10.9. The van der Waals surface area contributed by atoms with Gasteiger partial charge in [-0.2, -0.15) is 0 Å². The van der Waals surface area contributed by atoms with Gasteiger partial charge in [0.05, 0.1) is 0 Å². The second-order valence-electron chi connectivity index (χ2n) is 2.46. The fourth-order valence-electron chi connectivity index (χ4n) is 0.879. The van der Waals surface area contributed by atoms with Crippen LogP contribution in [0, 0.1) is 0 Å². The van der Waals surface area contributed by atoms with Crippen LogP contribution in [-0.4, -0.2) is 13.2 Å². The van der Waals surface area contributed by atoms with Crippen molar-refractivity contribution in [3.8, 4) is 0 Å². The minimum absolute atomic E-state index is 0.878. The molecule has 0 heterocycles. The molecule has 0 aliphatic heterocycles. The van der Waals surface area contributed by atoms with Gasteiger partial charge in [-0.05, 0) is 0 Å². The molecule has 0 saturated heterocycles. The molecule has 0 atom stereocenters. The molecule has 0 aliphatic rings. The second-order valence-corrected chi connectivity index (χ2v) is 5.21. The van der Waals surface area contributed by atoms with Crippen LogP contribution < -0.4 is 0 Å². The van der Waals surface area contributed by atoms with Gasteiger partial charge in [-0.1, -0.05) is 0 Å². The van der Waals surface area contributed by atoms with Crippen molar-refractivity contribution in [1.82, 2.24) is 0 Å². The SMILES string of the molecule is CCOCCCCC[CH2][Hg+]. The Morgan fingerprint density at radius 1 is 1.10 bits per heavy atom. The van der Waals surface area contributed by atoms with Crippen LogP contribution in [0.5, 0.6) is 0 Å². The van der Waals surface area contributed by atoms with Crippen molar-refractivity contribution < 1.29 is 30.9 Å². The van der Waals surface area contributed by atoms with Crippen molar-refractivity contribution in [3.05, 3.63) is 0 Å². The third-order valence-electron chi connectivity index (χ3n) is 1.49. The summed E-state index contributed by atoms with van der Waals surface area (Å²) < 4.78 is 6.75. The Morgan fingerprint density at radius 3 is 2.40 bits per heavy atom. The van der Waals surface area contributed by atoms with E-state index in [0.29, 0.717) is 0 Å². The third-order valence-corrected chi connectivity index (χ3v) is 3.44. The molecule has 0 bridgehead atoms. The fourth-order valence-corrected chi connectivity index (χ4v) is 2.25. The van der Waals surface area contributed by atoms with Crippen LogP contribution in [0.25, 0.3) is 0 Å². The summed E-state index contributed by atoms with van der Waals surface area (Å²) in [7, 11) is 0. The summed E-state index contributed by atoms with van der Waals surface area (Å²) in [6.07, 6.45) is 5.53. The molecule has 0 spiro atoms. The molecule has 0 rings (SSSR count). The maximum atomic E-state index is 5.23. The number of ether oxygens (including phenoxy) is 1. The van der Waals surface area contributed by atoms with E-state index in [1.54, 1.807) is 0 Å². The van der Waals surface area contributed by atoms with Crippen LogP contribution >= 0.6 is 0 Å². The zero-order valence-electron chi connectivity index (χ0n) is 7.07. The van der Waals surface area contributed by atoms with Crippen molar-refractivity contribution in [1.29, 1.82) is 0 Å². The Labute approximate surface area is 80.5 Å². The molecule has 0 aliphatic carbocycles. The predicted molar refractivity (Wildman–Crippen MR) is 39.8 cm³/mol. The monoisotopic (exact) mass is 331 g/mol. The Hall–Kier alpha value is 0.895. The molecule has 56 valence electrons. The van der Waals surface area contributed by atoms with Gasteiger partial charge < -0.3 is 0 Å². The molecule has 0 saturated carbocycles. The van der Waals surface area contributed by atoms with Gasteiger partial charge >= 0.3 is 80.6 Å². The van der Waals surface area contributed by atoms with Crippen molar-refractivity contribution in [2.75, 3.05) is 13.2 Å². The van der Waals surface area contributed by atoms with Crippen LogP contribution in [0.2, 0.25) is 3.93 Å². The Balaban J connectivity index is 2.65. The predicted octanol–water partition coefficient (Wildman–Crippen LogP) is 2.55. The van der Waals surface area contributed by atoms with Crippen molar-refractivity contribution in [3.63, 3.8) is 0 Å². The van der Waals surface area contributed by atoms with Crippen molar-refractivity contribution >= 4 is 0 Å². The van der Waals surface area contributed by atoms with Gasteiger partial charge in [0.15, 0.2) is 0 Å². The maximum absolute atomic E-state index is 5.23. The molecule has 0 aromatic carbocycles. The quantitative estimate of drug-likeness (QED) is 0.515. The van der Waals surface area contributed by atoms with E-state index >= 15 is 0 Å². The van der Waals surface area contributed by atoms with Gasteiger partial charge in [0.25, 0.3) is 0 Å². The summed E-state index contributed by atoms with van der Waals surface area (Å²) in [4.78, 5) is 0. The van der Waals surface area contributed by atoms with Crippen LogP contribution in [0.3, 0.4) is 0 Å². The Morgan fingerprint density at radius 2 is 1.80 bits per heavy atom. The average Bonchev–Trinajstić information content (AvgIpc) is 1.97. The van der Waals surface area contributed by atoms with E-state index in [9.17, 15) is 0 Å². The molecule has 0 amide bonds. The summed E-state index contributed by atoms with van der Waals surface area (Å²) in [6, 6.07) is 0. The zero-order valence-corrected chi connectivity index (χ0v) is 12.6. The molecule has 0 fully saturated rings. The topological polar surface area (TPSA) is 9.23 Å². The van der Waals surface area contributed by atoms with Crippen LogP contribution in [-0.2, 0) is 30.9 Å². The number of unbranched alkanes of at least 4 members (excludes halogenated alkanes) is 3. The van der Waals surface area contributed by atoms with E-state index in [1.165, 1.54) is 29.6 Å². The van der Waals surface area contributed by atoms with Gasteiger partial charge in [-0.15, -0.1) is 0 Å². The van der Waals surface area contributed by atoms with Crippen LogP contribution in [0.15, 0.2) is 0 Å². The molecular formula is C8H17HgO+. The Bertz CT molecular complexity index is 49.2. The minimum atomic E-state index is 0.878. The van der Waals surface area contributed by atoms with Gasteiger partial charge in [0.2, 0.25) is 0 Å². The summed E-state index contributed by atoms with van der Waals surface area (Å²) in [5.41, 5.74) is 0. The molecule has 1 nitrogen and oxygen atoms in total. The Kier molecular flexibility index (Phi) is 10.8. The van der Waals surface area contributed by atoms with Crippen LogP contribution in [0.4, 0.5) is 0 Å². The molecule has 10 heavy (non-hydrogen) atoms. The van der Waals surface area contributed by atoms with E-state index in [2.05, 4.69) is 6.92 Å². The fraction of sp³-hybridized carbons (Fsp3) is 1.00. The summed E-state index contributed by atoms with van der Waals surface area (Å²) >= 11 is 1.03. The number of rotatable bonds is 7. The third kappa shape index (κ3) is 8.90. The first-order valence-corrected chi connectivity index (χ1v) is 8.17. The second kappa shape index (κ2) is 9.90. The average molecular weight is 330 g/mol. The summed E-state index contributed by atoms with van der Waals surface area (Å²) in [5, 5.41) is 0. The van der Waals surface area contributed by atoms with Gasteiger partial charge in [0.1, 0.15) is 0 Å². The van der Waals surface area contributed by atoms with Crippen molar-refractivity contribution in [2.24, 2.45) is 0 Å². The van der Waals surface area contributed by atoms with Crippen LogP contribution in [0.1, 0.15) is 32.6 Å². The zero-order chi connectivity index (χ0) is 7.66. The number of hydrogen-bond acceptors (Lipinski definition) is 1. The summed E-state index contributed by atoms with van der Waals surface area (Å²) in [6.45, 7) is 3.91. The van der Waals surface area contributed by atoms with E-state index < -0.39 is 0 Å². The van der Waals surface area contributed by atoms with Gasteiger partial charge in [0, 0.05) is 0 Å². The first-order valence-electron chi connectivity index (χ1n) is 4.28. The molecule has 0 N–H and O–H groups in total. The van der Waals surface area contributed by atoms with E-state index in [1.807, 2.05) is 0 Å². The molecular weight excluding hydrogens is 313 g/mol. The number of hydrogen-bond donors (Lipinski definition) is 0. The van der Waals surface area contributed by atoms with E-state index in [-0.39, 0.29) is 0 Å². The molecule has 0 radical (unpaired) electrons. The first-order chi connectivity index (χ1) is 4.91. The molecule has 0 aromatic heterocycles. The molecule has 2 heteroatoms. The van der Waals surface area contributed by atoms with Gasteiger partial charge in [-0.3, -0.25) is 0 Å². The van der Waals surface area contributed by atoms with Crippen molar-refractivity contribution in [2.45, 2.75) is 36.5 Å². The standard InChI is InChI=1S/C8H17O.Hg/c1-3-5-6-7-8-9-4-2;/h1,3-8H2,2H3;/q;+1. The van der Waals surface area contributed by atoms with Gasteiger partial charge in [-0.25, -0.2) is 0 Å². The van der Waals surface area contributed by atoms with E-state index in [0.717, 1.165) is 39.3 Å². The normalized spacial score (nSPS) is 10.3.